The first-order chi connectivity index (χ1) is 12.4. The number of alkyl halides is 3. The van der Waals surface area contributed by atoms with Crippen LogP contribution in [0.15, 0.2) is 42.5 Å². The highest BCUT2D eigenvalue weighted by Gasteiger charge is 2.30. The monoisotopic (exact) mass is 367 g/mol. The first-order valence-corrected chi connectivity index (χ1v) is 7.50. The molecule has 3 aromatic rings. The van der Waals surface area contributed by atoms with Crippen LogP contribution in [0.5, 0.6) is 0 Å². The van der Waals surface area contributed by atoms with Gasteiger partial charge in [-0.2, -0.15) is 18.0 Å². The Kier molecular flexibility index (Phi) is 4.85. The summed E-state index contributed by atoms with van der Waals surface area (Å²) in [4.78, 5) is 1.11. The van der Waals surface area contributed by atoms with Gasteiger partial charge in [0.25, 0.3) is 0 Å². The average Bonchev–Trinajstić information content (AvgIpc) is 3.03. The van der Waals surface area contributed by atoms with E-state index in [0.717, 1.165) is 16.9 Å². The summed E-state index contributed by atoms with van der Waals surface area (Å²) in [5.74, 6) is -0.628. The predicted octanol–water partition coefficient (Wildman–Crippen LogP) is 3.23. The molecule has 136 valence electrons. The van der Waals surface area contributed by atoms with Crippen LogP contribution in [0.25, 0.3) is 11.4 Å². The van der Waals surface area contributed by atoms with Crippen molar-refractivity contribution >= 4 is 11.4 Å². The number of anilines is 2. The van der Waals surface area contributed by atoms with Gasteiger partial charge in [0, 0.05) is 5.69 Å². The quantitative estimate of drug-likeness (QED) is 0.677. The molecule has 0 bridgehead atoms. The summed E-state index contributed by atoms with van der Waals surface area (Å²) in [6, 6.07) is 8.54. The van der Waals surface area contributed by atoms with E-state index in [1.165, 1.54) is 24.3 Å². The van der Waals surface area contributed by atoms with Gasteiger partial charge in [0.15, 0.2) is 0 Å². The van der Waals surface area contributed by atoms with Crippen molar-refractivity contribution in [3.63, 3.8) is 0 Å². The van der Waals surface area contributed by atoms with Gasteiger partial charge in [-0.05, 0) is 41.6 Å². The maximum absolute atomic E-state index is 14.3. The Morgan fingerprint density at radius 1 is 1.08 bits per heavy atom. The number of rotatable bonds is 5. The Balaban J connectivity index is 1.92. The van der Waals surface area contributed by atoms with Gasteiger partial charge in [-0.25, -0.2) is 4.39 Å². The van der Waals surface area contributed by atoms with Crippen molar-refractivity contribution in [1.29, 1.82) is 0 Å². The molecule has 1 heterocycles. The van der Waals surface area contributed by atoms with Crippen molar-refractivity contribution in [2.45, 2.75) is 12.7 Å². The molecule has 0 aliphatic rings. The molecule has 2 aromatic carbocycles. The van der Waals surface area contributed by atoms with Crippen LogP contribution in [0.1, 0.15) is 5.56 Å². The summed E-state index contributed by atoms with van der Waals surface area (Å²) >= 11 is 0. The van der Waals surface area contributed by atoms with E-state index in [1.807, 2.05) is 0 Å². The SMILES string of the molecule is OCCn1nnc(-c2c(F)cccc2Nc2ccc(C(F)(F)F)cc2)n1. The summed E-state index contributed by atoms with van der Waals surface area (Å²) in [5.41, 5.74) is -0.145. The summed E-state index contributed by atoms with van der Waals surface area (Å²) in [7, 11) is 0. The lowest BCUT2D eigenvalue weighted by Crippen LogP contribution is -2.06. The zero-order valence-electron chi connectivity index (χ0n) is 13.2. The summed E-state index contributed by atoms with van der Waals surface area (Å²) in [6.07, 6.45) is -4.43. The maximum Gasteiger partial charge on any atom is 0.416 e. The second-order valence-corrected chi connectivity index (χ2v) is 5.30. The highest BCUT2D eigenvalue weighted by molar-refractivity contribution is 5.77. The van der Waals surface area contributed by atoms with E-state index in [1.54, 1.807) is 6.07 Å². The van der Waals surface area contributed by atoms with Crippen LogP contribution in [-0.4, -0.2) is 31.9 Å². The molecular formula is C16H13F4N5O. The van der Waals surface area contributed by atoms with E-state index < -0.39 is 17.6 Å². The van der Waals surface area contributed by atoms with Gasteiger partial charge < -0.3 is 10.4 Å². The molecule has 10 heteroatoms. The van der Waals surface area contributed by atoms with E-state index in [9.17, 15) is 17.6 Å². The molecule has 2 N–H and O–H groups in total. The zero-order chi connectivity index (χ0) is 18.7. The van der Waals surface area contributed by atoms with Crippen molar-refractivity contribution in [2.24, 2.45) is 0 Å². The molecule has 0 aliphatic carbocycles. The van der Waals surface area contributed by atoms with Crippen LogP contribution in [0.2, 0.25) is 0 Å². The third kappa shape index (κ3) is 3.80. The lowest BCUT2D eigenvalue weighted by molar-refractivity contribution is -0.137. The molecule has 0 amide bonds. The number of halogens is 4. The average molecular weight is 367 g/mol. The largest absolute Gasteiger partial charge is 0.416 e. The molecule has 0 saturated heterocycles. The second kappa shape index (κ2) is 7.08. The third-order valence-corrected chi connectivity index (χ3v) is 3.48. The fourth-order valence-corrected chi connectivity index (χ4v) is 2.28. The zero-order valence-corrected chi connectivity index (χ0v) is 13.2. The van der Waals surface area contributed by atoms with E-state index >= 15 is 0 Å². The van der Waals surface area contributed by atoms with Gasteiger partial charge in [-0.3, -0.25) is 0 Å². The number of nitrogens with zero attached hydrogens (tertiary/aromatic N) is 4. The molecule has 0 saturated carbocycles. The molecule has 0 spiro atoms. The smallest absolute Gasteiger partial charge is 0.394 e. The lowest BCUT2D eigenvalue weighted by Gasteiger charge is -2.12. The molecular weight excluding hydrogens is 354 g/mol. The van der Waals surface area contributed by atoms with E-state index in [4.69, 9.17) is 5.11 Å². The van der Waals surface area contributed by atoms with Crippen molar-refractivity contribution < 1.29 is 22.7 Å². The number of aromatic nitrogens is 4. The van der Waals surface area contributed by atoms with Gasteiger partial charge in [-0.15, -0.1) is 10.2 Å². The fourth-order valence-electron chi connectivity index (χ4n) is 2.28. The number of aliphatic hydroxyl groups is 1. The highest BCUT2D eigenvalue weighted by atomic mass is 19.4. The van der Waals surface area contributed by atoms with E-state index in [2.05, 4.69) is 20.7 Å². The first-order valence-electron chi connectivity index (χ1n) is 7.50. The molecule has 0 unspecified atom stereocenters. The normalized spacial score (nSPS) is 11.6. The van der Waals surface area contributed by atoms with Gasteiger partial charge in [0.2, 0.25) is 5.82 Å². The Hall–Kier alpha value is -3.01. The van der Waals surface area contributed by atoms with Gasteiger partial charge in [0.1, 0.15) is 5.82 Å². The van der Waals surface area contributed by atoms with Gasteiger partial charge in [-0.1, -0.05) is 6.07 Å². The lowest BCUT2D eigenvalue weighted by atomic mass is 10.1. The first kappa shape index (κ1) is 17.8. The van der Waals surface area contributed by atoms with Crippen LogP contribution in [-0.2, 0) is 12.7 Å². The number of nitrogens with one attached hydrogen (secondary N) is 1. The standard InChI is InChI=1S/C16H13F4N5O/c17-12-2-1-3-13(14(12)15-22-24-25(23-15)8-9-26)21-11-6-4-10(5-7-11)16(18,19)20/h1-7,21,26H,8-9H2. The van der Waals surface area contributed by atoms with Crippen molar-refractivity contribution in [2.75, 3.05) is 11.9 Å². The molecule has 3 rings (SSSR count). The minimum atomic E-state index is -4.43. The van der Waals surface area contributed by atoms with Gasteiger partial charge >= 0.3 is 6.18 Å². The molecule has 26 heavy (non-hydrogen) atoms. The minimum absolute atomic E-state index is 0.00837. The van der Waals surface area contributed by atoms with Crippen LogP contribution in [0.4, 0.5) is 28.9 Å². The van der Waals surface area contributed by atoms with E-state index in [-0.39, 0.29) is 30.2 Å². The summed E-state index contributed by atoms with van der Waals surface area (Å²) in [5, 5.41) is 23.2. The number of tetrazole rings is 1. The Labute approximate surface area is 145 Å². The molecule has 0 aliphatic heterocycles. The molecule has 0 fully saturated rings. The van der Waals surface area contributed by atoms with Crippen LogP contribution in [0.3, 0.4) is 0 Å². The summed E-state index contributed by atoms with van der Waals surface area (Å²) < 4.78 is 52.2. The highest BCUT2D eigenvalue weighted by Crippen LogP contribution is 2.33. The van der Waals surface area contributed by atoms with Crippen LogP contribution >= 0.6 is 0 Å². The van der Waals surface area contributed by atoms with Gasteiger partial charge in [0.05, 0.1) is 30.0 Å². The fraction of sp³-hybridized carbons (Fsp3) is 0.188. The number of benzene rings is 2. The minimum Gasteiger partial charge on any atom is -0.394 e. The number of hydrogen-bond donors (Lipinski definition) is 2. The van der Waals surface area contributed by atoms with Crippen LogP contribution in [0, 0.1) is 5.82 Å². The molecule has 0 radical (unpaired) electrons. The number of hydrogen-bond acceptors (Lipinski definition) is 5. The Morgan fingerprint density at radius 3 is 2.46 bits per heavy atom. The van der Waals surface area contributed by atoms with Crippen molar-refractivity contribution in [3.8, 4) is 11.4 Å². The topological polar surface area (TPSA) is 75.9 Å². The van der Waals surface area contributed by atoms with Crippen molar-refractivity contribution in [1.82, 2.24) is 20.2 Å². The Morgan fingerprint density at radius 2 is 1.81 bits per heavy atom. The predicted molar refractivity (Wildman–Crippen MR) is 85.0 cm³/mol. The molecule has 0 atom stereocenters. The Bertz CT molecular complexity index is 892. The maximum atomic E-state index is 14.3. The second-order valence-electron chi connectivity index (χ2n) is 5.30. The summed E-state index contributed by atoms with van der Waals surface area (Å²) in [6.45, 7) is -0.104. The van der Waals surface area contributed by atoms with Crippen LogP contribution < -0.4 is 5.32 Å². The van der Waals surface area contributed by atoms with Crippen molar-refractivity contribution in [3.05, 3.63) is 53.8 Å². The van der Waals surface area contributed by atoms with E-state index in [0.29, 0.717) is 5.69 Å². The third-order valence-electron chi connectivity index (χ3n) is 3.48. The molecule has 1 aromatic heterocycles. The molecule has 6 nitrogen and oxygen atoms in total. The number of aliphatic hydroxyl groups excluding tert-OH is 1.